The average Bonchev–Trinajstić information content (AvgIpc) is 2.29. The van der Waals surface area contributed by atoms with Gasteiger partial charge in [0.15, 0.2) is 0 Å². The Morgan fingerprint density at radius 2 is 1.88 bits per heavy atom. The molecule has 0 aliphatic carbocycles. The first-order valence-electron chi connectivity index (χ1n) is 6.40. The van der Waals surface area contributed by atoms with Crippen LogP contribution in [0.5, 0.6) is 0 Å². The molecule has 2 heteroatoms. The Kier molecular flexibility index (Phi) is 7.60. The molecule has 2 nitrogen and oxygen atoms in total. The Morgan fingerprint density at radius 3 is 2.24 bits per heavy atom. The van der Waals surface area contributed by atoms with Crippen LogP contribution in [0.25, 0.3) is 0 Å². The van der Waals surface area contributed by atoms with E-state index in [0.29, 0.717) is 5.92 Å². The quantitative estimate of drug-likeness (QED) is 0.382. The summed E-state index contributed by atoms with van der Waals surface area (Å²) >= 11 is 0. The predicted molar refractivity (Wildman–Crippen MR) is 76.5 cm³/mol. The van der Waals surface area contributed by atoms with Gasteiger partial charge in [-0.05, 0) is 39.3 Å². The molecular weight excluding hydrogens is 210 g/mol. The van der Waals surface area contributed by atoms with Gasteiger partial charge < -0.3 is 4.74 Å². The summed E-state index contributed by atoms with van der Waals surface area (Å²) in [5, 5.41) is 0. The average molecular weight is 237 g/mol. The largest absolute Gasteiger partial charge is 0.501 e. The van der Waals surface area contributed by atoms with Gasteiger partial charge in [0, 0.05) is 5.57 Å². The molecule has 17 heavy (non-hydrogen) atoms. The SMILES string of the molecule is CC=NC(C)C(/C=C(\CC)C(C)C)=C(/C)OC. The lowest BCUT2D eigenvalue weighted by atomic mass is 9.95. The Balaban J connectivity index is 5.36. The molecule has 1 atom stereocenters. The molecule has 0 aromatic carbocycles. The molecule has 0 bridgehead atoms. The Hall–Kier alpha value is -1.05. The van der Waals surface area contributed by atoms with Crippen molar-refractivity contribution in [3.05, 3.63) is 23.0 Å². The zero-order chi connectivity index (χ0) is 13.4. The minimum atomic E-state index is 0.153. The zero-order valence-corrected chi connectivity index (χ0v) is 12.4. The predicted octanol–water partition coefficient (Wildman–Crippen LogP) is 4.38. The molecule has 0 saturated heterocycles. The number of methoxy groups -OCH3 is 1. The highest BCUT2D eigenvalue weighted by molar-refractivity contribution is 5.54. The van der Waals surface area contributed by atoms with E-state index in [0.717, 1.165) is 12.2 Å². The number of nitrogens with zero attached hydrogens (tertiary/aromatic N) is 1. The van der Waals surface area contributed by atoms with Crippen molar-refractivity contribution in [3.8, 4) is 0 Å². The first-order valence-corrected chi connectivity index (χ1v) is 6.40. The molecule has 0 spiro atoms. The van der Waals surface area contributed by atoms with Crippen molar-refractivity contribution < 1.29 is 4.74 Å². The number of rotatable bonds is 6. The standard InChI is InChI=1S/C15H27NO/c1-8-14(11(3)4)10-15(13(6)17-7)12(5)16-9-2/h9-12H,8H2,1-7H3/b14-10+,15-13-,16-9?. The normalized spacial score (nSPS) is 16.4. The van der Waals surface area contributed by atoms with E-state index in [4.69, 9.17) is 4.74 Å². The second-order valence-electron chi connectivity index (χ2n) is 4.53. The van der Waals surface area contributed by atoms with Crippen LogP contribution in [-0.4, -0.2) is 19.4 Å². The molecule has 0 rings (SSSR count). The molecule has 0 heterocycles. The van der Waals surface area contributed by atoms with E-state index in [1.54, 1.807) is 7.11 Å². The highest BCUT2D eigenvalue weighted by Crippen LogP contribution is 2.21. The van der Waals surface area contributed by atoms with Crippen molar-refractivity contribution in [1.29, 1.82) is 0 Å². The second kappa shape index (κ2) is 8.10. The van der Waals surface area contributed by atoms with Crippen LogP contribution in [0.4, 0.5) is 0 Å². The number of aliphatic imine (C=N–C) groups is 1. The van der Waals surface area contributed by atoms with Gasteiger partial charge in [-0.25, -0.2) is 0 Å². The fraction of sp³-hybridized carbons (Fsp3) is 0.667. The van der Waals surface area contributed by atoms with Gasteiger partial charge in [-0.2, -0.15) is 0 Å². The third-order valence-corrected chi connectivity index (χ3v) is 3.03. The van der Waals surface area contributed by atoms with Crippen LogP contribution in [0.2, 0.25) is 0 Å². The molecule has 98 valence electrons. The van der Waals surface area contributed by atoms with Crippen LogP contribution in [0.3, 0.4) is 0 Å². The summed E-state index contributed by atoms with van der Waals surface area (Å²) in [6.07, 6.45) is 5.17. The molecule has 0 aromatic heterocycles. The van der Waals surface area contributed by atoms with Gasteiger partial charge in [-0.1, -0.05) is 32.4 Å². The third kappa shape index (κ3) is 5.20. The fourth-order valence-corrected chi connectivity index (χ4v) is 1.81. The van der Waals surface area contributed by atoms with Crippen molar-refractivity contribution in [3.63, 3.8) is 0 Å². The van der Waals surface area contributed by atoms with Gasteiger partial charge in [-0.3, -0.25) is 4.99 Å². The Bertz CT molecular complexity index is 311. The van der Waals surface area contributed by atoms with E-state index in [2.05, 4.69) is 38.8 Å². The summed E-state index contributed by atoms with van der Waals surface area (Å²) < 4.78 is 5.37. The molecule has 1 unspecified atom stereocenters. The van der Waals surface area contributed by atoms with Crippen molar-refractivity contribution in [1.82, 2.24) is 0 Å². The van der Waals surface area contributed by atoms with Gasteiger partial charge in [-0.15, -0.1) is 0 Å². The lowest BCUT2D eigenvalue weighted by Gasteiger charge is -2.16. The van der Waals surface area contributed by atoms with E-state index in [9.17, 15) is 0 Å². The number of hydrogen-bond acceptors (Lipinski definition) is 2. The van der Waals surface area contributed by atoms with Gasteiger partial charge in [0.05, 0.1) is 18.9 Å². The lowest BCUT2D eigenvalue weighted by molar-refractivity contribution is 0.288. The first kappa shape index (κ1) is 16.0. The van der Waals surface area contributed by atoms with Crippen molar-refractivity contribution in [2.24, 2.45) is 10.9 Å². The summed E-state index contributed by atoms with van der Waals surface area (Å²) in [4.78, 5) is 4.43. The first-order chi connectivity index (χ1) is 7.97. The van der Waals surface area contributed by atoms with E-state index in [1.807, 2.05) is 20.1 Å². The highest BCUT2D eigenvalue weighted by Gasteiger charge is 2.11. The van der Waals surface area contributed by atoms with E-state index in [-0.39, 0.29) is 6.04 Å². The second-order valence-corrected chi connectivity index (χ2v) is 4.53. The molecular formula is C15H27NO. The maximum atomic E-state index is 5.37. The van der Waals surface area contributed by atoms with Crippen LogP contribution >= 0.6 is 0 Å². The van der Waals surface area contributed by atoms with Crippen molar-refractivity contribution in [2.45, 2.75) is 54.0 Å². The van der Waals surface area contributed by atoms with Crippen LogP contribution in [0.15, 0.2) is 28.0 Å². The van der Waals surface area contributed by atoms with Gasteiger partial charge >= 0.3 is 0 Å². The van der Waals surface area contributed by atoms with E-state index >= 15 is 0 Å². The Morgan fingerprint density at radius 1 is 1.29 bits per heavy atom. The summed E-state index contributed by atoms with van der Waals surface area (Å²) in [6.45, 7) is 12.7. The summed E-state index contributed by atoms with van der Waals surface area (Å²) in [5.74, 6) is 1.52. The van der Waals surface area contributed by atoms with Crippen molar-refractivity contribution >= 4 is 6.21 Å². The molecule has 0 amide bonds. The molecule has 0 fully saturated rings. The lowest BCUT2D eigenvalue weighted by Crippen LogP contribution is -2.07. The monoisotopic (exact) mass is 237 g/mol. The minimum Gasteiger partial charge on any atom is -0.501 e. The van der Waals surface area contributed by atoms with Crippen LogP contribution in [-0.2, 0) is 4.74 Å². The van der Waals surface area contributed by atoms with E-state index < -0.39 is 0 Å². The zero-order valence-electron chi connectivity index (χ0n) is 12.4. The third-order valence-electron chi connectivity index (χ3n) is 3.03. The summed E-state index contributed by atoms with van der Waals surface area (Å²) in [7, 11) is 1.71. The molecule has 0 N–H and O–H groups in total. The fourth-order valence-electron chi connectivity index (χ4n) is 1.81. The minimum absolute atomic E-state index is 0.153. The van der Waals surface area contributed by atoms with Gasteiger partial charge in [0.1, 0.15) is 0 Å². The molecule has 0 aliphatic heterocycles. The Labute approximate surface area is 106 Å². The van der Waals surface area contributed by atoms with Crippen LogP contribution in [0.1, 0.15) is 48.0 Å². The maximum absolute atomic E-state index is 5.37. The van der Waals surface area contributed by atoms with Gasteiger partial charge in [0.25, 0.3) is 0 Å². The van der Waals surface area contributed by atoms with Crippen LogP contribution < -0.4 is 0 Å². The van der Waals surface area contributed by atoms with Crippen molar-refractivity contribution in [2.75, 3.05) is 7.11 Å². The van der Waals surface area contributed by atoms with Crippen LogP contribution in [0, 0.1) is 5.92 Å². The summed E-state index contributed by atoms with van der Waals surface area (Å²) in [5.41, 5.74) is 2.62. The molecule has 0 radical (unpaired) electrons. The van der Waals surface area contributed by atoms with E-state index in [1.165, 1.54) is 11.1 Å². The number of allylic oxidation sites excluding steroid dienone is 2. The molecule has 0 saturated carbocycles. The number of ether oxygens (including phenoxy) is 1. The number of hydrogen-bond donors (Lipinski definition) is 0. The topological polar surface area (TPSA) is 21.6 Å². The highest BCUT2D eigenvalue weighted by atomic mass is 16.5. The smallest absolute Gasteiger partial charge is 0.0977 e. The maximum Gasteiger partial charge on any atom is 0.0977 e. The summed E-state index contributed by atoms with van der Waals surface area (Å²) in [6, 6.07) is 0.153. The van der Waals surface area contributed by atoms with Gasteiger partial charge in [0.2, 0.25) is 0 Å². The molecule has 0 aliphatic rings. The molecule has 0 aromatic rings.